The van der Waals surface area contributed by atoms with Crippen LogP contribution in [-0.2, 0) is 10.3 Å². The van der Waals surface area contributed by atoms with Gasteiger partial charge in [0.15, 0.2) is 0 Å². The van der Waals surface area contributed by atoms with Gasteiger partial charge in [0.1, 0.15) is 0 Å². The van der Waals surface area contributed by atoms with E-state index in [-0.39, 0.29) is 17.4 Å². The molecular formula is C20H22N2O. The fourth-order valence-electron chi connectivity index (χ4n) is 4.74. The van der Waals surface area contributed by atoms with Gasteiger partial charge in [-0.05, 0) is 42.3 Å². The Labute approximate surface area is 136 Å². The van der Waals surface area contributed by atoms with Crippen molar-refractivity contribution in [2.24, 2.45) is 23.5 Å². The maximum absolute atomic E-state index is 11.7. The molecule has 3 N–H and O–H groups in total. The number of amides is 1. The lowest BCUT2D eigenvalue weighted by Gasteiger charge is -2.37. The SMILES string of the molecule is NC(=O)C1CC2CNC(c3ccccc3)(c3ccccc3)C2C1. The van der Waals surface area contributed by atoms with Gasteiger partial charge >= 0.3 is 0 Å². The summed E-state index contributed by atoms with van der Waals surface area (Å²) < 4.78 is 0. The van der Waals surface area contributed by atoms with E-state index in [2.05, 4.69) is 66.0 Å². The van der Waals surface area contributed by atoms with Crippen LogP contribution >= 0.6 is 0 Å². The van der Waals surface area contributed by atoms with Gasteiger partial charge in [-0.15, -0.1) is 0 Å². The predicted octanol–water partition coefficient (Wildman–Crippen LogP) is 2.66. The standard InChI is InChI=1S/C20H22N2O/c21-19(23)14-11-15-13-22-20(18(15)12-14,16-7-3-1-4-8-16)17-9-5-2-6-10-17/h1-10,14-15,18,22H,11-13H2,(H2,21,23). The summed E-state index contributed by atoms with van der Waals surface area (Å²) in [5, 5.41) is 3.81. The third-order valence-corrected chi connectivity index (χ3v) is 5.75. The Morgan fingerprint density at radius 1 is 0.957 bits per heavy atom. The van der Waals surface area contributed by atoms with Gasteiger partial charge in [-0.1, -0.05) is 60.7 Å². The van der Waals surface area contributed by atoms with Crippen molar-refractivity contribution in [2.45, 2.75) is 18.4 Å². The van der Waals surface area contributed by atoms with Crippen molar-refractivity contribution in [2.75, 3.05) is 6.54 Å². The summed E-state index contributed by atoms with van der Waals surface area (Å²) in [6.45, 7) is 0.943. The maximum atomic E-state index is 11.7. The third kappa shape index (κ3) is 2.19. The number of rotatable bonds is 3. The van der Waals surface area contributed by atoms with Crippen LogP contribution < -0.4 is 11.1 Å². The van der Waals surface area contributed by atoms with E-state index in [0.29, 0.717) is 11.8 Å². The summed E-state index contributed by atoms with van der Waals surface area (Å²) >= 11 is 0. The molecule has 4 rings (SSSR count). The molecular weight excluding hydrogens is 284 g/mol. The van der Waals surface area contributed by atoms with Crippen LogP contribution in [0.15, 0.2) is 60.7 Å². The van der Waals surface area contributed by atoms with Crippen LogP contribution in [0.5, 0.6) is 0 Å². The predicted molar refractivity (Wildman–Crippen MR) is 90.6 cm³/mol. The second kappa shape index (κ2) is 5.50. The molecule has 0 aromatic heterocycles. The number of nitrogens with one attached hydrogen (secondary N) is 1. The summed E-state index contributed by atoms with van der Waals surface area (Å²) in [4.78, 5) is 11.7. The van der Waals surface area contributed by atoms with Gasteiger partial charge in [0.2, 0.25) is 5.91 Å². The molecule has 0 radical (unpaired) electrons. The average molecular weight is 306 g/mol. The first-order valence-electron chi connectivity index (χ1n) is 8.37. The Kier molecular flexibility index (Phi) is 3.46. The first-order chi connectivity index (χ1) is 11.2. The van der Waals surface area contributed by atoms with Gasteiger partial charge < -0.3 is 11.1 Å². The molecule has 1 heterocycles. The molecule has 3 unspecified atom stereocenters. The molecule has 2 aromatic carbocycles. The van der Waals surface area contributed by atoms with E-state index in [4.69, 9.17) is 5.73 Å². The van der Waals surface area contributed by atoms with Crippen LogP contribution in [0.3, 0.4) is 0 Å². The normalized spacial score (nSPS) is 28.4. The van der Waals surface area contributed by atoms with E-state index in [1.807, 2.05) is 0 Å². The van der Waals surface area contributed by atoms with Crippen molar-refractivity contribution in [3.63, 3.8) is 0 Å². The highest BCUT2D eigenvalue weighted by Crippen LogP contribution is 2.53. The first kappa shape index (κ1) is 14.5. The molecule has 1 aliphatic carbocycles. The summed E-state index contributed by atoms with van der Waals surface area (Å²) in [6.07, 6.45) is 1.78. The molecule has 118 valence electrons. The lowest BCUT2D eigenvalue weighted by molar-refractivity contribution is -0.121. The van der Waals surface area contributed by atoms with Gasteiger partial charge in [0, 0.05) is 5.92 Å². The summed E-state index contributed by atoms with van der Waals surface area (Å²) in [5.41, 5.74) is 7.96. The van der Waals surface area contributed by atoms with Crippen LogP contribution in [0.4, 0.5) is 0 Å². The minimum Gasteiger partial charge on any atom is -0.369 e. The van der Waals surface area contributed by atoms with Crippen molar-refractivity contribution in [1.29, 1.82) is 0 Å². The van der Waals surface area contributed by atoms with Gasteiger partial charge in [0.05, 0.1) is 5.54 Å². The minimum absolute atomic E-state index is 0.0129. The molecule has 23 heavy (non-hydrogen) atoms. The monoisotopic (exact) mass is 306 g/mol. The number of carbonyl (C=O) groups is 1. The largest absolute Gasteiger partial charge is 0.369 e. The molecule has 3 atom stereocenters. The first-order valence-corrected chi connectivity index (χ1v) is 8.37. The Balaban J connectivity index is 1.83. The fraction of sp³-hybridized carbons (Fsp3) is 0.350. The van der Waals surface area contributed by atoms with E-state index >= 15 is 0 Å². The third-order valence-electron chi connectivity index (χ3n) is 5.75. The maximum Gasteiger partial charge on any atom is 0.220 e. The zero-order valence-corrected chi connectivity index (χ0v) is 13.1. The molecule has 0 bridgehead atoms. The number of primary amides is 1. The topological polar surface area (TPSA) is 55.1 Å². The molecule has 3 nitrogen and oxygen atoms in total. The quantitative estimate of drug-likeness (QED) is 0.916. The number of benzene rings is 2. The highest BCUT2D eigenvalue weighted by molar-refractivity contribution is 5.77. The molecule has 1 saturated heterocycles. The number of nitrogens with two attached hydrogens (primary N) is 1. The Bertz CT molecular complexity index is 659. The number of carbonyl (C=O) groups excluding carboxylic acids is 1. The van der Waals surface area contributed by atoms with Crippen LogP contribution in [0.25, 0.3) is 0 Å². The molecule has 1 amide bonds. The van der Waals surface area contributed by atoms with Crippen LogP contribution in [0.2, 0.25) is 0 Å². The molecule has 0 spiro atoms. The fourth-order valence-corrected chi connectivity index (χ4v) is 4.74. The average Bonchev–Trinajstić information content (AvgIpc) is 3.16. The van der Waals surface area contributed by atoms with Gasteiger partial charge in [0.25, 0.3) is 0 Å². The zero-order chi connectivity index (χ0) is 15.9. The molecule has 2 fully saturated rings. The van der Waals surface area contributed by atoms with Crippen LogP contribution in [-0.4, -0.2) is 12.5 Å². The Morgan fingerprint density at radius 3 is 2.04 bits per heavy atom. The Morgan fingerprint density at radius 2 is 1.52 bits per heavy atom. The van der Waals surface area contributed by atoms with Gasteiger partial charge in [-0.3, -0.25) is 4.79 Å². The lowest BCUT2D eigenvalue weighted by Crippen LogP contribution is -2.43. The molecule has 2 aliphatic rings. The Hall–Kier alpha value is -2.13. The van der Waals surface area contributed by atoms with Crippen molar-refractivity contribution in [3.8, 4) is 0 Å². The second-order valence-corrected chi connectivity index (χ2v) is 6.86. The van der Waals surface area contributed by atoms with Crippen molar-refractivity contribution in [3.05, 3.63) is 71.8 Å². The van der Waals surface area contributed by atoms with Crippen molar-refractivity contribution >= 4 is 5.91 Å². The van der Waals surface area contributed by atoms with Gasteiger partial charge in [-0.2, -0.15) is 0 Å². The zero-order valence-electron chi connectivity index (χ0n) is 13.1. The van der Waals surface area contributed by atoms with Crippen LogP contribution in [0, 0.1) is 17.8 Å². The summed E-state index contributed by atoms with van der Waals surface area (Å²) in [6, 6.07) is 21.3. The second-order valence-electron chi connectivity index (χ2n) is 6.86. The number of hydrogen-bond donors (Lipinski definition) is 2. The minimum atomic E-state index is -0.211. The highest BCUT2D eigenvalue weighted by Gasteiger charge is 2.55. The van der Waals surface area contributed by atoms with Gasteiger partial charge in [-0.25, -0.2) is 0 Å². The number of fused-ring (bicyclic) bond motifs is 1. The van der Waals surface area contributed by atoms with E-state index < -0.39 is 0 Å². The number of hydrogen-bond acceptors (Lipinski definition) is 2. The molecule has 2 aromatic rings. The molecule has 1 aliphatic heterocycles. The van der Waals surface area contributed by atoms with E-state index in [1.165, 1.54) is 11.1 Å². The van der Waals surface area contributed by atoms with Crippen molar-refractivity contribution in [1.82, 2.24) is 5.32 Å². The van der Waals surface area contributed by atoms with E-state index in [1.54, 1.807) is 0 Å². The van der Waals surface area contributed by atoms with E-state index in [0.717, 1.165) is 19.4 Å². The van der Waals surface area contributed by atoms with E-state index in [9.17, 15) is 4.79 Å². The summed E-state index contributed by atoms with van der Waals surface area (Å²) in [7, 11) is 0. The summed E-state index contributed by atoms with van der Waals surface area (Å²) in [5.74, 6) is 0.783. The molecule has 3 heteroatoms. The molecule has 1 saturated carbocycles. The smallest absolute Gasteiger partial charge is 0.220 e. The lowest BCUT2D eigenvalue weighted by atomic mass is 9.72. The van der Waals surface area contributed by atoms with Crippen molar-refractivity contribution < 1.29 is 4.79 Å². The van der Waals surface area contributed by atoms with Crippen LogP contribution in [0.1, 0.15) is 24.0 Å². The highest BCUT2D eigenvalue weighted by atomic mass is 16.1.